The number of nitriles is 1. The van der Waals surface area contributed by atoms with E-state index in [0.29, 0.717) is 0 Å². The van der Waals surface area contributed by atoms with E-state index in [1.54, 1.807) is 12.1 Å². The van der Waals surface area contributed by atoms with Crippen molar-refractivity contribution in [1.82, 2.24) is 0 Å². The molecule has 0 radical (unpaired) electrons. The molecule has 2 rings (SSSR count). The average Bonchev–Trinajstić information content (AvgIpc) is 2.64. The number of halogens is 3. The van der Waals surface area contributed by atoms with Crippen LogP contribution >= 0.6 is 0 Å². The van der Waals surface area contributed by atoms with Gasteiger partial charge in [0.15, 0.2) is 6.61 Å². The Kier molecular flexibility index (Phi) is 6.33. The van der Waals surface area contributed by atoms with Crippen molar-refractivity contribution in [1.29, 1.82) is 5.26 Å². The molecule has 0 spiro atoms. The van der Waals surface area contributed by atoms with Crippen LogP contribution in [0.15, 0.2) is 54.6 Å². The number of amides is 1. The van der Waals surface area contributed by atoms with Crippen molar-refractivity contribution >= 4 is 23.6 Å². The first-order chi connectivity index (χ1) is 12.8. The lowest BCUT2D eigenvalue weighted by atomic mass is 10.1. The van der Waals surface area contributed by atoms with Gasteiger partial charge in [-0.05, 0) is 35.9 Å². The Bertz CT molecular complexity index is 915. The molecule has 1 N–H and O–H groups in total. The highest BCUT2D eigenvalue weighted by atomic mass is 19.4. The van der Waals surface area contributed by atoms with Crippen molar-refractivity contribution in [3.63, 3.8) is 0 Å². The van der Waals surface area contributed by atoms with Crippen LogP contribution in [0.2, 0.25) is 0 Å². The summed E-state index contributed by atoms with van der Waals surface area (Å²) in [5.74, 6) is -1.55. The predicted octanol–water partition coefficient (Wildman–Crippen LogP) is 3.77. The molecule has 8 heteroatoms. The highest BCUT2D eigenvalue weighted by Gasteiger charge is 2.30. The van der Waals surface area contributed by atoms with Crippen LogP contribution in [0.25, 0.3) is 6.08 Å². The van der Waals surface area contributed by atoms with E-state index in [1.807, 2.05) is 6.07 Å². The van der Waals surface area contributed by atoms with Crippen LogP contribution < -0.4 is 5.32 Å². The number of rotatable bonds is 5. The van der Waals surface area contributed by atoms with Gasteiger partial charge in [0, 0.05) is 6.08 Å². The molecule has 1 amide bonds. The van der Waals surface area contributed by atoms with Crippen molar-refractivity contribution in [3.8, 4) is 6.07 Å². The van der Waals surface area contributed by atoms with E-state index in [2.05, 4.69) is 5.32 Å². The van der Waals surface area contributed by atoms with Crippen molar-refractivity contribution < 1.29 is 27.5 Å². The molecule has 0 bridgehead atoms. The summed E-state index contributed by atoms with van der Waals surface area (Å²) in [5.41, 5.74) is -0.148. The monoisotopic (exact) mass is 374 g/mol. The van der Waals surface area contributed by atoms with E-state index >= 15 is 0 Å². The van der Waals surface area contributed by atoms with Crippen molar-refractivity contribution in [3.05, 3.63) is 71.3 Å². The van der Waals surface area contributed by atoms with Gasteiger partial charge in [-0.2, -0.15) is 18.4 Å². The minimum absolute atomic E-state index is 0.161. The standard InChI is InChI=1S/C19H13F3N2O3/c20-19(21,22)15-6-3-4-13(10-15)8-9-18(26)27-12-17(25)24-16-7-2-1-5-14(16)11-23/h1-10H,12H2,(H,24,25). The first-order valence-corrected chi connectivity index (χ1v) is 7.60. The maximum Gasteiger partial charge on any atom is 0.416 e. The third-order valence-electron chi connectivity index (χ3n) is 3.29. The van der Waals surface area contributed by atoms with Crippen LogP contribution in [0.4, 0.5) is 18.9 Å². The van der Waals surface area contributed by atoms with E-state index in [9.17, 15) is 22.8 Å². The topological polar surface area (TPSA) is 79.2 Å². The Morgan fingerprint density at radius 2 is 1.89 bits per heavy atom. The number of nitrogens with one attached hydrogen (secondary N) is 1. The molecule has 0 atom stereocenters. The Balaban J connectivity index is 1.90. The lowest BCUT2D eigenvalue weighted by molar-refractivity contribution is -0.142. The Morgan fingerprint density at radius 1 is 1.15 bits per heavy atom. The van der Waals surface area contributed by atoms with Crippen molar-refractivity contribution in [2.45, 2.75) is 6.18 Å². The fourth-order valence-corrected chi connectivity index (χ4v) is 2.04. The normalized spacial score (nSPS) is 11.0. The predicted molar refractivity (Wildman–Crippen MR) is 91.2 cm³/mol. The third-order valence-corrected chi connectivity index (χ3v) is 3.29. The molecular weight excluding hydrogens is 361 g/mol. The minimum Gasteiger partial charge on any atom is -0.452 e. The SMILES string of the molecule is N#Cc1ccccc1NC(=O)COC(=O)C=Cc1cccc(C(F)(F)F)c1. The second-order valence-electron chi connectivity index (χ2n) is 5.27. The Labute approximate surface area is 152 Å². The molecule has 27 heavy (non-hydrogen) atoms. The molecule has 0 unspecified atom stereocenters. The van der Waals surface area contributed by atoms with Gasteiger partial charge in [0.25, 0.3) is 5.91 Å². The highest BCUT2D eigenvalue weighted by molar-refractivity contribution is 5.95. The van der Waals surface area contributed by atoms with Gasteiger partial charge >= 0.3 is 12.1 Å². The third kappa shape index (κ3) is 6.01. The van der Waals surface area contributed by atoms with Crippen LogP contribution in [-0.4, -0.2) is 18.5 Å². The van der Waals surface area contributed by atoms with E-state index in [1.165, 1.54) is 24.3 Å². The van der Waals surface area contributed by atoms with Crippen LogP contribution in [0.5, 0.6) is 0 Å². The summed E-state index contributed by atoms with van der Waals surface area (Å²) in [6, 6.07) is 12.6. The number of carbonyl (C=O) groups is 2. The minimum atomic E-state index is -4.48. The van der Waals surface area contributed by atoms with E-state index in [4.69, 9.17) is 10.00 Å². The van der Waals surface area contributed by atoms with Gasteiger partial charge in [-0.1, -0.05) is 24.3 Å². The van der Waals surface area contributed by atoms with Crippen molar-refractivity contribution in [2.75, 3.05) is 11.9 Å². The second kappa shape index (κ2) is 8.67. The molecule has 0 aliphatic heterocycles. The molecule has 0 saturated carbocycles. The maximum atomic E-state index is 12.6. The largest absolute Gasteiger partial charge is 0.452 e. The lowest BCUT2D eigenvalue weighted by Crippen LogP contribution is -2.20. The summed E-state index contributed by atoms with van der Waals surface area (Å²) in [4.78, 5) is 23.4. The Morgan fingerprint density at radius 3 is 2.59 bits per heavy atom. The Hall–Kier alpha value is -3.60. The van der Waals surface area contributed by atoms with E-state index < -0.39 is 30.2 Å². The first-order valence-electron chi connectivity index (χ1n) is 7.60. The molecule has 138 valence electrons. The maximum absolute atomic E-state index is 12.6. The number of hydrogen-bond acceptors (Lipinski definition) is 4. The molecule has 2 aromatic carbocycles. The number of anilines is 1. The molecule has 0 saturated heterocycles. The number of alkyl halides is 3. The molecule has 0 aliphatic carbocycles. The summed E-state index contributed by atoms with van der Waals surface area (Å²) in [7, 11) is 0. The lowest BCUT2D eigenvalue weighted by Gasteiger charge is -2.07. The number of nitrogens with zero attached hydrogens (tertiary/aromatic N) is 1. The molecule has 0 heterocycles. The van der Waals surface area contributed by atoms with Gasteiger partial charge in [0.2, 0.25) is 0 Å². The highest BCUT2D eigenvalue weighted by Crippen LogP contribution is 2.29. The molecule has 2 aromatic rings. The molecule has 0 fully saturated rings. The van der Waals surface area contributed by atoms with Gasteiger partial charge in [-0.3, -0.25) is 4.79 Å². The van der Waals surface area contributed by atoms with E-state index in [0.717, 1.165) is 24.3 Å². The van der Waals surface area contributed by atoms with Crippen molar-refractivity contribution in [2.24, 2.45) is 0 Å². The summed E-state index contributed by atoms with van der Waals surface area (Å²) in [6.07, 6.45) is -2.41. The number of para-hydroxylation sites is 1. The molecule has 0 aliphatic rings. The fraction of sp³-hybridized carbons (Fsp3) is 0.105. The fourth-order valence-electron chi connectivity index (χ4n) is 2.04. The smallest absolute Gasteiger partial charge is 0.416 e. The number of benzene rings is 2. The number of esters is 1. The van der Waals surface area contributed by atoms with Gasteiger partial charge in [-0.25, -0.2) is 4.79 Å². The zero-order chi connectivity index (χ0) is 19.9. The number of ether oxygens (including phenoxy) is 1. The summed E-state index contributed by atoms with van der Waals surface area (Å²) < 4.78 is 42.6. The van der Waals surface area contributed by atoms with Crippen LogP contribution in [0.3, 0.4) is 0 Å². The molecule has 0 aromatic heterocycles. The first kappa shape index (κ1) is 19.7. The van der Waals surface area contributed by atoms with Crippen LogP contribution in [0, 0.1) is 11.3 Å². The van der Waals surface area contributed by atoms with E-state index in [-0.39, 0.29) is 16.8 Å². The number of hydrogen-bond donors (Lipinski definition) is 1. The van der Waals surface area contributed by atoms with Gasteiger partial charge in [0.1, 0.15) is 6.07 Å². The zero-order valence-electron chi connectivity index (χ0n) is 13.8. The van der Waals surface area contributed by atoms with Crippen LogP contribution in [0.1, 0.15) is 16.7 Å². The summed E-state index contributed by atoms with van der Waals surface area (Å²) in [5, 5.41) is 11.4. The van der Waals surface area contributed by atoms with Crippen LogP contribution in [-0.2, 0) is 20.5 Å². The quantitative estimate of drug-likeness (QED) is 0.638. The summed E-state index contributed by atoms with van der Waals surface area (Å²) in [6.45, 7) is -0.606. The molecular formula is C19H13F3N2O3. The number of carbonyl (C=O) groups excluding carboxylic acids is 2. The summed E-state index contributed by atoms with van der Waals surface area (Å²) >= 11 is 0. The van der Waals surface area contributed by atoms with Gasteiger partial charge in [-0.15, -0.1) is 0 Å². The van der Waals surface area contributed by atoms with Gasteiger partial charge in [0.05, 0.1) is 16.8 Å². The van der Waals surface area contributed by atoms with Gasteiger partial charge < -0.3 is 10.1 Å². The zero-order valence-corrected chi connectivity index (χ0v) is 13.8. The molecule has 5 nitrogen and oxygen atoms in total. The average molecular weight is 374 g/mol. The second-order valence-corrected chi connectivity index (χ2v) is 5.27.